The molecule has 2 aliphatic rings. The van der Waals surface area contributed by atoms with Gasteiger partial charge in [0.1, 0.15) is 0 Å². The second kappa shape index (κ2) is 3.96. The molecule has 2 nitrogen and oxygen atoms in total. The lowest BCUT2D eigenvalue weighted by Gasteiger charge is -2.55. The molecule has 2 heteroatoms. The molecule has 0 heterocycles. The van der Waals surface area contributed by atoms with Crippen LogP contribution in [-0.2, 0) is 0 Å². The highest BCUT2D eigenvalue weighted by Crippen LogP contribution is 2.56. The molecule has 2 rings (SSSR count). The molecule has 0 aliphatic heterocycles. The van der Waals surface area contributed by atoms with Gasteiger partial charge in [0.05, 0.1) is 11.2 Å². The Bertz CT molecular complexity index is 290. The zero-order valence-corrected chi connectivity index (χ0v) is 11.8. The molecule has 2 fully saturated rings. The Morgan fingerprint density at radius 2 is 1.76 bits per heavy atom. The minimum absolute atomic E-state index is 0.295. The molecule has 0 bridgehead atoms. The van der Waals surface area contributed by atoms with Crippen LogP contribution < -0.4 is 0 Å². The average Bonchev–Trinajstić information content (AvgIpc) is 2.14. The minimum atomic E-state index is -0.602. The summed E-state index contributed by atoms with van der Waals surface area (Å²) in [6, 6.07) is 0. The van der Waals surface area contributed by atoms with Crippen molar-refractivity contribution in [2.75, 3.05) is 0 Å². The summed E-state index contributed by atoms with van der Waals surface area (Å²) in [4.78, 5) is 0. The molecule has 0 spiro atoms. The zero-order chi connectivity index (χ0) is 12.9. The molecule has 0 aromatic carbocycles. The van der Waals surface area contributed by atoms with Gasteiger partial charge in [0.15, 0.2) is 0 Å². The first-order valence-electron chi connectivity index (χ1n) is 7.10. The van der Waals surface area contributed by atoms with Crippen molar-refractivity contribution < 1.29 is 10.2 Å². The summed E-state index contributed by atoms with van der Waals surface area (Å²) in [5, 5.41) is 20.8. The maximum atomic E-state index is 10.6. The van der Waals surface area contributed by atoms with Crippen LogP contribution in [0.3, 0.4) is 0 Å². The lowest BCUT2D eigenvalue weighted by molar-refractivity contribution is -0.143. The van der Waals surface area contributed by atoms with Crippen LogP contribution in [-0.4, -0.2) is 21.4 Å². The first-order valence-corrected chi connectivity index (χ1v) is 7.10. The van der Waals surface area contributed by atoms with Crippen LogP contribution in [0, 0.1) is 17.3 Å². The maximum Gasteiger partial charge on any atom is 0.0653 e. The normalized spacial score (nSPS) is 47.6. The molecule has 2 aliphatic carbocycles. The van der Waals surface area contributed by atoms with Crippen molar-refractivity contribution >= 4 is 0 Å². The molecule has 0 radical (unpaired) electrons. The van der Waals surface area contributed by atoms with Crippen molar-refractivity contribution in [3.63, 3.8) is 0 Å². The fourth-order valence-corrected chi connectivity index (χ4v) is 4.33. The van der Waals surface area contributed by atoms with Crippen LogP contribution >= 0.6 is 0 Å². The van der Waals surface area contributed by atoms with Gasteiger partial charge < -0.3 is 10.2 Å². The molecular formula is C15H28O2. The summed E-state index contributed by atoms with van der Waals surface area (Å²) in [7, 11) is 0. The van der Waals surface area contributed by atoms with Gasteiger partial charge in [0.2, 0.25) is 0 Å². The molecule has 0 unspecified atom stereocenters. The monoisotopic (exact) mass is 240 g/mol. The summed E-state index contributed by atoms with van der Waals surface area (Å²) in [6.07, 6.45) is 6.55. The third-order valence-electron chi connectivity index (χ3n) is 5.61. The van der Waals surface area contributed by atoms with Crippen LogP contribution in [0.5, 0.6) is 0 Å². The summed E-state index contributed by atoms with van der Waals surface area (Å²) in [5.74, 6) is 0.694. The molecule has 17 heavy (non-hydrogen) atoms. The Labute approximate surface area is 105 Å². The Kier molecular flexibility index (Phi) is 3.11. The number of rotatable bonds is 1. The molecule has 2 saturated carbocycles. The Hall–Kier alpha value is -0.0800. The standard InChI is InChI=1S/C15H28O2/c1-13(2,16)11-6-9-14(3)7-5-8-15(4,17)12(14)10-11/h11-12,16-17H,5-10H2,1-4H3/t11-,12-,14-,15+/m0/s1. The fraction of sp³-hybridized carbons (Fsp3) is 1.00. The van der Waals surface area contributed by atoms with Crippen molar-refractivity contribution in [3.05, 3.63) is 0 Å². The van der Waals surface area contributed by atoms with Gasteiger partial charge >= 0.3 is 0 Å². The van der Waals surface area contributed by atoms with E-state index in [1.807, 2.05) is 20.8 Å². The van der Waals surface area contributed by atoms with Gasteiger partial charge in [-0.05, 0) is 70.1 Å². The first-order chi connectivity index (χ1) is 7.65. The molecule has 4 atom stereocenters. The lowest BCUT2D eigenvalue weighted by Crippen LogP contribution is -2.53. The molecule has 100 valence electrons. The van der Waals surface area contributed by atoms with Crippen LogP contribution in [0.15, 0.2) is 0 Å². The van der Waals surface area contributed by atoms with E-state index in [1.165, 1.54) is 6.42 Å². The van der Waals surface area contributed by atoms with Crippen LogP contribution in [0.4, 0.5) is 0 Å². The van der Waals surface area contributed by atoms with Gasteiger partial charge in [-0.1, -0.05) is 13.3 Å². The van der Waals surface area contributed by atoms with E-state index in [-0.39, 0.29) is 0 Å². The van der Waals surface area contributed by atoms with Crippen LogP contribution in [0.25, 0.3) is 0 Å². The smallest absolute Gasteiger partial charge is 0.0653 e. The predicted molar refractivity (Wildman–Crippen MR) is 69.7 cm³/mol. The van der Waals surface area contributed by atoms with Gasteiger partial charge in [-0.15, -0.1) is 0 Å². The molecular weight excluding hydrogens is 212 g/mol. The first kappa shape index (κ1) is 13.4. The van der Waals surface area contributed by atoms with Crippen molar-refractivity contribution in [2.45, 2.75) is 77.4 Å². The van der Waals surface area contributed by atoms with E-state index in [4.69, 9.17) is 0 Å². The Morgan fingerprint density at radius 1 is 1.12 bits per heavy atom. The summed E-state index contributed by atoms with van der Waals surface area (Å²) < 4.78 is 0. The van der Waals surface area contributed by atoms with E-state index in [9.17, 15) is 10.2 Å². The largest absolute Gasteiger partial charge is 0.390 e. The molecule has 0 amide bonds. The van der Waals surface area contributed by atoms with Gasteiger partial charge in [0, 0.05) is 0 Å². The molecule has 0 aromatic rings. The van der Waals surface area contributed by atoms with Gasteiger partial charge in [0.25, 0.3) is 0 Å². The third kappa shape index (κ3) is 2.39. The molecule has 0 aromatic heterocycles. The van der Waals surface area contributed by atoms with Crippen molar-refractivity contribution in [1.29, 1.82) is 0 Å². The minimum Gasteiger partial charge on any atom is -0.390 e. The topological polar surface area (TPSA) is 40.5 Å². The lowest BCUT2D eigenvalue weighted by atomic mass is 9.52. The zero-order valence-electron chi connectivity index (χ0n) is 11.8. The van der Waals surface area contributed by atoms with E-state index >= 15 is 0 Å². The van der Waals surface area contributed by atoms with Crippen LogP contribution in [0.1, 0.15) is 66.2 Å². The van der Waals surface area contributed by atoms with Gasteiger partial charge in [-0.3, -0.25) is 0 Å². The SMILES string of the molecule is CC(C)(O)[C@H]1CC[C@]2(C)CCC[C@@](C)(O)[C@H]2C1. The van der Waals surface area contributed by atoms with E-state index in [2.05, 4.69) is 6.92 Å². The molecule has 0 saturated heterocycles. The van der Waals surface area contributed by atoms with Crippen molar-refractivity contribution in [1.82, 2.24) is 0 Å². The third-order valence-corrected chi connectivity index (χ3v) is 5.61. The average molecular weight is 240 g/mol. The van der Waals surface area contributed by atoms with Crippen molar-refractivity contribution in [3.8, 4) is 0 Å². The highest BCUT2D eigenvalue weighted by atomic mass is 16.3. The second-order valence-electron chi connectivity index (χ2n) is 7.54. The van der Waals surface area contributed by atoms with E-state index in [0.717, 1.165) is 32.1 Å². The fourth-order valence-electron chi connectivity index (χ4n) is 4.33. The molecule has 2 N–H and O–H groups in total. The quantitative estimate of drug-likeness (QED) is 0.739. The summed E-state index contributed by atoms with van der Waals surface area (Å²) in [6.45, 7) is 8.17. The van der Waals surface area contributed by atoms with Crippen molar-refractivity contribution in [2.24, 2.45) is 17.3 Å². The predicted octanol–water partition coefficient (Wildman–Crippen LogP) is 3.11. The summed E-state index contributed by atoms with van der Waals surface area (Å²) in [5.41, 5.74) is -0.838. The summed E-state index contributed by atoms with van der Waals surface area (Å²) >= 11 is 0. The van der Waals surface area contributed by atoms with Crippen LogP contribution in [0.2, 0.25) is 0 Å². The maximum absolute atomic E-state index is 10.6. The van der Waals surface area contributed by atoms with E-state index in [1.54, 1.807) is 0 Å². The highest BCUT2D eigenvalue weighted by Gasteiger charge is 2.52. The van der Waals surface area contributed by atoms with E-state index < -0.39 is 11.2 Å². The second-order valence-corrected chi connectivity index (χ2v) is 7.54. The Balaban J connectivity index is 2.20. The number of aliphatic hydroxyl groups is 2. The van der Waals surface area contributed by atoms with Gasteiger partial charge in [-0.2, -0.15) is 0 Å². The highest BCUT2D eigenvalue weighted by molar-refractivity contribution is 5.03. The number of hydrogen-bond acceptors (Lipinski definition) is 2. The number of hydrogen-bond donors (Lipinski definition) is 2. The Morgan fingerprint density at radius 3 is 2.35 bits per heavy atom. The van der Waals surface area contributed by atoms with E-state index in [0.29, 0.717) is 17.3 Å². The number of fused-ring (bicyclic) bond motifs is 1. The van der Waals surface area contributed by atoms with Gasteiger partial charge in [-0.25, -0.2) is 0 Å².